The minimum absolute atomic E-state index is 0.0236. The normalized spacial score (nSPS) is 19.1. The largest absolute Gasteiger partial charge is 0.341 e. The highest BCUT2D eigenvalue weighted by atomic mass is 16.1. The summed E-state index contributed by atoms with van der Waals surface area (Å²) in [5.41, 5.74) is 1.71. The van der Waals surface area contributed by atoms with Gasteiger partial charge in [-0.1, -0.05) is 48.5 Å². The van der Waals surface area contributed by atoms with Crippen LogP contribution in [0.3, 0.4) is 0 Å². The van der Waals surface area contributed by atoms with Crippen molar-refractivity contribution in [3.05, 3.63) is 72.6 Å². The number of fused-ring (bicyclic) bond motifs is 2. The molecule has 4 aromatic rings. The fourth-order valence-corrected chi connectivity index (χ4v) is 4.21. The van der Waals surface area contributed by atoms with Crippen LogP contribution in [-0.4, -0.2) is 27.1 Å². The van der Waals surface area contributed by atoms with E-state index in [1.165, 1.54) is 0 Å². The highest BCUT2D eigenvalue weighted by molar-refractivity contribution is 6.27. The molecule has 5 nitrogen and oxygen atoms in total. The first-order valence-electron chi connectivity index (χ1n) is 9.34. The van der Waals surface area contributed by atoms with Crippen molar-refractivity contribution in [2.75, 3.05) is 4.90 Å². The second-order valence-corrected chi connectivity index (χ2v) is 7.71. The van der Waals surface area contributed by atoms with Gasteiger partial charge in [0.05, 0.1) is 16.7 Å². The first-order chi connectivity index (χ1) is 13.5. The van der Waals surface area contributed by atoms with Gasteiger partial charge in [-0.3, -0.25) is 10.2 Å². The van der Waals surface area contributed by atoms with E-state index in [0.717, 1.165) is 27.5 Å². The highest BCUT2D eigenvalue weighted by Gasteiger charge is 2.53. The van der Waals surface area contributed by atoms with Crippen LogP contribution in [0.1, 0.15) is 25.6 Å². The van der Waals surface area contributed by atoms with E-state index >= 15 is 0 Å². The molecule has 0 aliphatic carbocycles. The number of aromatic amines is 1. The monoisotopic (exact) mass is 368 g/mol. The number of para-hydroxylation sites is 2. The number of Topliss-reactive ketones (excluding diaryl/α,β-unsaturated/α-hetero) is 1. The van der Waals surface area contributed by atoms with Crippen LogP contribution in [0.2, 0.25) is 0 Å². The summed E-state index contributed by atoms with van der Waals surface area (Å²) < 4.78 is 0. The maximum absolute atomic E-state index is 13.4. The van der Waals surface area contributed by atoms with E-state index in [0.29, 0.717) is 5.82 Å². The number of anilines is 1. The molecule has 2 heterocycles. The van der Waals surface area contributed by atoms with Gasteiger partial charge in [0.15, 0.2) is 5.78 Å². The number of rotatable bonds is 2. The zero-order chi connectivity index (χ0) is 19.5. The summed E-state index contributed by atoms with van der Waals surface area (Å²) in [4.78, 5) is 23.1. The van der Waals surface area contributed by atoms with Crippen molar-refractivity contribution in [2.45, 2.75) is 25.3 Å². The third kappa shape index (κ3) is 2.22. The fraction of sp³-hybridized carbons (Fsp3) is 0.174. The molecule has 3 aromatic carbocycles. The van der Waals surface area contributed by atoms with Crippen molar-refractivity contribution in [2.24, 2.45) is 0 Å². The SMILES string of the molecule is CC1(C)C(=O)C(c2nc3ccccc3[nH]2)C(=N)N1c1cccc2ccccc12. The number of nitrogens with one attached hydrogen (secondary N) is 2. The Kier molecular flexibility index (Phi) is 3.43. The molecule has 1 saturated heterocycles. The molecule has 2 N–H and O–H groups in total. The smallest absolute Gasteiger partial charge is 0.176 e. The number of carbonyl (C=O) groups is 1. The Bertz CT molecular complexity index is 1220. The number of hydrogen-bond acceptors (Lipinski definition) is 3. The molecule has 138 valence electrons. The van der Waals surface area contributed by atoms with Crippen LogP contribution >= 0.6 is 0 Å². The van der Waals surface area contributed by atoms with Gasteiger partial charge in [0.1, 0.15) is 23.1 Å². The lowest BCUT2D eigenvalue weighted by Gasteiger charge is -2.32. The van der Waals surface area contributed by atoms with Crippen molar-refractivity contribution >= 4 is 39.1 Å². The summed E-state index contributed by atoms with van der Waals surface area (Å²) in [6, 6.07) is 21.7. The second-order valence-electron chi connectivity index (χ2n) is 7.71. The van der Waals surface area contributed by atoms with Gasteiger partial charge >= 0.3 is 0 Å². The van der Waals surface area contributed by atoms with Gasteiger partial charge in [-0.25, -0.2) is 4.98 Å². The molecule has 5 rings (SSSR count). The number of aromatic nitrogens is 2. The minimum Gasteiger partial charge on any atom is -0.341 e. The number of ketones is 1. The number of imidazole rings is 1. The molecular weight excluding hydrogens is 348 g/mol. The van der Waals surface area contributed by atoms with Crippen molar-refractivity contribution in [3.8, 4) is 0 Å². The maximum Gasteiger partial charge on any atom is 0.176 e. The summed E-state index contributed by atoms with van der Waals surface area (Å²) in [6.45, 7) is 3.77. The van der Waals surface area contributed by atoms with Gasteiger partial charge in [-0.2, -0.15) is 0 Å². The van der Waals surface area contributed by atoms with E-state index in [2.05, 4.69) is 9.97 Å². The molecule has 0 spiro atoms. The number of hydrogen-bond donors (Lipinski definition) is 2. The van der Waals surface area contributed by atoms with E-state index in [-0.39, 0.29) is 11.6 Å². The van der Waals surface area contributed by atoms with Crippen LogP contribution in [0.15, 0.2) is 66.7 Å². The average molecular weight is 368 g/mol. The standard InChI is InChI=1S/C23H20N4O/c1-23(2)20(28)19(22-25-16-11-5-6-12-17(16)26-22)21(24)27(23)18-13-7-9-14-8-3-4-10-15(14)18/h3-13,19,24H,1-2H3,(H,25,26). The molecule has 0 saturated carbocycles. The van der Waals surface area contributed by atoms with Crippen molar-refractivity contribution in [1.29, 1.82) is 5.41 Å². The highest BCUT2D eigenvalue weighted by Crippen LogP contribution is 2.42. The first kappa shape index (κ1) is 16.7. The Morgan fingerprint density at radius 3 is 2.54 bits per heavy atom. The molecule has 1 atom stereocenters. The summed E-state index contributed by atoms with van der Waals surface area (Å²) >= 11 is 0. The topological polar surface area (TPSA) is 72.8 Å². The van der Waals surface area contributed by atoms with Crippen LogP contribution in [0.4, 0.5) is 5.69 Å². The quantitative estimate of drug-likeness (QED) is 0.541. The van der Waals surface area contributed by atoms with Crippen LogP contribution in [0.25, 0.3) is 21.8 Å². The van der Waals surface area contributed by atoms with E-state index in [4.69, 9.17) is 5.41 Å². The van der Waals surface area contributed by atoms with E-state index in [1.807, 2.05) is 85.5 Å². The Hall–Kier alpha value is -3.47. The molecule has 0 radical (unpaired) electrons. The van der Waals surface area contributed by atoms with Gasteiger partial charge in [0.25, 0.3) is 0 Å². The summed E-state index contributed by atoms with van der Waals surface area (Å²) in [5, 5.41) is 11.0. The Labute approximate surface area is 162 Å². The first-order valence-corrected chi connectivity index (χ1v) is 9.34. The molecule has 5 heteroatoms. The predicted molar refractivity (Wildman–Crippen MR) is 112 cm³/mol. The van der Waals surface area contributed by atoms with Crippen molar-refractivity contribution in [3.63, 3.8) is 0 Å². The number of benzene rings is 3. The molecule has 1 aliphatic rings. The van der Waals surface area contributed by atoms with Crippen LogP contribution in [0.5, 0.6) is 0 Å². The predicted octanol–water partition coefficient (Wildman–Crippen LogP) is 4.64. The summed E-state index contributed by atoms with van der Waals surface area (Å²) in [6.07, 6.45) is 0. The molecule has 1 unspecified atom stereocenters. The average Bonchev–Trinajstić information content (AvgIpc) is 3.18. The third-order valence-corrected chi connectivity index (χ3v) is 5.63. The van der Waals surface area contributed by atoms with Gasteiger partial charge in [0.2, 0.25) is 0 Å². The van der Waals surface area contributed by atoms with E-state index < -0.39 is 11.5 Å². The van der Waals surface area contributed by atoms with Crippen LogP contribution in [0, 0.1) is 5.41 Å². The van der Waals surface area contributed by atoms with Gasteiger partial charge < -0.3 is 9.88 Å². The van der Waals surface area contributed by atoms with Gasteiger partial charge in [-0.05, 0) is 37.4 Å². The maximum atomic E-state index is 13.4. The minimum atomic E-state index is -0.842. The summed E-state index contributed by atoms with van der Waals surface area (Å²) in [5.74, 6) is 0.0586. The zero-order valence-electron chi connectivity index (χ0n) is 15.7. The molecule has 0 amide bonds. The zero-order valence-corrected chi connectivity index (χ0v) is 15.7. The Balaban J connectivity index is 1.67. The van der Waals surface area contributed by atoms with Crippen molar-refractivity contribution in [1.82, 2.24) is 9.97 Å². The van der Waals surface area contributed by atoms with Crippen LogP contribution < -0.4 is 4.90 Å². The number of carbonyl (C=O) groups excluding carboxylic acids is 1. The molecule has 1 aromatic heterocycles. The molecule has 0 bridgehead atoms. The lowest BCUT2D eigenvalue weighted by atomic mass is 9.93. The molecule has 28 heavy (non-hydrogen) atoms. The second kappa shape index (κ2) is 5.76. The van der Waals surface area contributed by atoms with Crippen molar-refractivity contribution < 1.29 is 4.79 Å². The van der Waals surface area contributed by atoms with Gasteiger partial charge in [-0.15, -0.1) is 0 Å². The molecule has 1 aliphatic heterocycles. The third-order valence-electron chi connectivity index (χ3n) is 5.63. The lowest BCUT2D eigenvalue weighted by molar-refractivity contribution is -0.121. The number of amidine groups is 1. The number of H-pyrrole nitrogens is 1. The number of nitrogens with zero attached hydrogens (tertiary/aromatic N) is 2. The van der Waals surface area contributed by atoms with E-state index in [9.17, 15) is 4.79 Å². The fourth-order valence-electron chi connectivity index (χ4n) is 4.21. The van der Waals surface area contributed by atoms with Gasteiger partial charge in [0, 0.05) is 5.39 Å². The molecule has 1 fully saturated rings. The summed E-state index contributed by atoms with van der Waals surface area (Å²) in [7, 11) is 0. The van der Waals surface area contributed by atoms with E-state index in [1.54, 1.807) is 0 Å². The Morgan fingerprint density at radius 1 is 1.00 bits per heavy atom. The Morgan fingerprint density at radius 2 is 1.71 bits per heavy atom. The molecular formula is C23H20N4O. The lowest BCUT2D eigenvalue weighted by Crippen LogP contribution is -2.44. The van der Waals surface area contributed by atoms with Crippen LogP contribution in [-0.2, 0) is 4.79 Å².